The first-order chi connectivity index (χ1) is 12.1. The van der Waals surface area contributed by atoms with Gasteiger partial charge in [-0.05, 0) is 12.5 Å². The number of nitrogens with zero attached hydrogens (tertiary/aromatic N) is 3. The largest absolute Gasteiger partial charge is 0.433 e. The van der Waals surface area contributed by atoms with E-state index in [2.05, 4.69) is 22.4 Å². The predicted octanol–water partition coefficient (Wildman–Crippen LogP) is 3.86. The van der Waals surface area contributed by atoms with Crippen LogP contribution in [0.4, 0.5) is 5.88 Å². The summed E-state index contributed by atoms with van der Waals surface area (Å²) in [4.78, 5) is 21.8. The summed E-state index contributed by atoms with van der Waals surface area (Å²) in [6.45, 7) is 2.19. The Bertz CT molecular complexity index is 656. The Morgan fingerprint density at radius 3 is 2.80 bits per heavy atom. The van der Waals surface area contributed by atoms with Gasteiger partial charge >= 0.3 is 5.88 Å². The molecule has 0 bridgehead atoms. The maximum Gasteiger partial charge on any atom is 0.433 e. The normalized spacial score (nSPS) is 19.0. The minimum Gasteiger partial charge on any atom is -0.400 e. The number of furan rings is 1. The van der Waals surface area contributed by atoms with Gasteiger partial charge in [-0.1, -0.05) is 57.2 Å². The highest BCUT2D eigenvalue weighted by atomic mass is 32.2. The van der Waals surface area contributed by atoms with Crippen molar-refractivity contribution in [3.8, 4) is 0 Å². The van der Waals surface area contributed by atoms with Crippen molar-refractivity contribution in [3.63, 3.8) is 0 Å². The van der Waals surface area contributed by atoms with Crippen LogP contribution in [-0.2, 0) is 4.79 Å². The van der Waals surface area contributed by atoms with Crippen LogP contribution in [0.3, 0.4) is 0 Å². The van der Waals surface area contributed by atoms with Crippen LogP contribution >= 0.6 is 11.8 Å². The van der Waals surface area contributed by atoms with Crippen LogP contribution in [0.5, 0.6) is 0 Å². The number of carbonyl (C=O) groups excluding carboxylic acids is 1. The molecule has 0 spiro atoms. The molecule has 1 atom stereocenters. The lowest BCUT2D eigenvalue weighted by atomic mass is 10.1. The standard InChI is InChI=1S/C16H22N4O4S/c1-2-3-4-5-6-7-8-13-15(21)18-16(25-13)19-17-11-12-9-10-14(24-12)20(22)23/h9-11,13H,2-8H2,1H3,(H,18,19,21). The first kappa shape index (κ1) is 19.2. The lowest BCUT2D eigenvalue weighted by Crippen LogP contribution is -2.24. The number of nitrogens with one attached hydrogen (secondary N) is 1. The molecule has 9 heteroatoms. The molecule has 136 valence electrons. The molecular formula is C16H22N4O4S. The summed E-state index contributed by atoms with van der Waals surface area (Å²) in [5.74, 6) is -0.160. The van der Waals surface area contributed by atoms with Crippen molar-refractivity contribution >= 4 is 34.9 Å². The number of amides is 1. The SMILES string of the molecule is CCCCCCCCC1SC(=NN=Cc2ccc([N+](=O)[O-])o2)NC1=O. The van der Waals surface area contributed by atoms with Gasteiger partial charge in [-0.2, -0.15) is 5.10 Å². The van der Waals surface area contributed by atoms with E-state index in [4.69, 9.17) is 4.42 Å². The van der Waals surface area contributed by atoms with Gasteiger partial charge in [0.1, 0.15) is 4.92 Å². The van der Waals surface area contributed by atoms with Crippen LogP contribution in [0.25, 0.3) is 0 Å². The lowest BCUT2D eigenvalue weighted by Gasteiger charge is -2.04. The molecule has 2 rings (SSSR count). The highest BCUT2D eigenvalue weighted by Crippen LogP contribution is 2.25. The second-order valence-corrected chi connectivity index (χ2v) is 6.93. The highest BCUT2D eigenvalue weighted by Gasteiger charge is 2.29. The van der Waals surface area contributed by atoms with Gasteiger partial charge in [0.15, 0.2) is 10.9 Å². The molecule has 1 fully saturated rings. The first-order valence-electron chi connectivity index (χ1n) is 8.43. The van der Waals surface area contributed by atoms with E-state index >= 15 is 0 Å². The van der Waals surface area contributed by atoms with E-state index in [0.717, 1.165) is 19.3 Å². The topological polar surface area (TPSA) is 110 Å². The zero-order chi connectivity index (χ0) is 18.1. The Hall–Kier alpha value is -2.16. The van der Waals surface area contributed by atoms with Crippen molar-refractivity contribution in [1.82, 2.24) is 5.32 Å². The highest BCUT2D eigenvalue weighted by molar-refractivity contribution is 8.15. The summed E-state index contributed by atoms with van der Waals surface area (Å²) in [5.41, 5.74) is 0. The minimum absolute atomic E-state index is 0.0406. The molecule has 0 radical (unpaired) electrons. The number of rotatable bonds is 10. The zero-order valence-electron chi connectivity index (χ0n) is 14.1. The second kappa shape index (κ2) is 9.97. The van der Waals surface area contributed by atoms with Gasteiger partial charge in [0.25, 0.3) is 0 Å². The fraction of sp³-hybridized carbons (Fsp3) is 0.562. The van der Waals surface area contributed by atoms with E-state index in [1.54, 1.807) is 0 Å². The smallest absolute Gasteiger partial charge is 0.400 e. The third kappa shape index (κ3) is 6.33. The van der Waals surface area contributed by atoms with Gasteiger partial charge in [-0.15, -0.1) is 5.10 Å². The fourth-order valence-electron chi connectivity index (χ4n) is 2.40. The first-order valence-corrected chi connectivity index (χ1v) is 9.31. The lowest BCUT2D eigenvalue weighted by molar-refractivity contribution is -0.402. The van der Waals surface area contributed by atoms with Crippen molar-refractivity contribution in [2.75, 3.05) is 0 Å². The summed E-state index contributed by atoms with van der Waals surface area (Å²) < 4.78 is 4.93. The average molecular weight is 366 g/mol. The molecule has 2 heterocycles. The van der Waals surface area contributed by atoms with Gasteiger partial charge < -0.3 is 9.73 Å². The third-order valence-electron chi connectivity index (χ3n) is 3.72. The molecule has 8 nitrogen and oxygen atoms in total. The molecule has 0 aromatic carbocycles. The number of hydrogen-bond acceptors (Lipinski definition) is 7. The monoisotopic (exact) mass is 366 g/mol. The van der Waals surface area contributed by atoms with E-state index < -0.39 is 4.92 Å². The van der Waals surface area contributed by atoms with Crippen LogP contribution in [0.15, 0.2) is 26.8 Å². The Kier molecular flexibility index (Phi) is 7.65. The molecule has 25 heavy (non-hydrogen) atoms. The van der Waals surface area contributed by atoms with Crippen molar-refractivity contribution in [3.05, 3.63) is 28.0 Å². The number of nitro groups is 1. The van der Waals surface area contributed by atoms with Crippen LogP contribution in [0, 0.1) is 10.1 Å². The maximum atomic E-state index is 11.9. The summed E-state index contributed by atoms with van der Waals surface area (Å²) in [7, 11) is 0. The number of carbonyl (C=O) groups is 1. The third-order valence-corrected chi connectivity index (χ3v) is 4.86. The molecule has 1 unspecified atom stereocenters. The molecule has 0 aliphatic carbocycles. The van der Waals surface area contributed by atoms with Crippen LogP contribution in [-0.4, -0.2) is 27.5 Å². The Labute approximate surface area is 150 Å². The number of amidine groups is 1. The van der Waals surface area contributed by atoms with Gasteiger partial charge in [0, 0.05) is 0 Å². The van der Waals surface area contributed by atoms with E-state index in [1.165, 1.54) is 55.8 Å². The molecule has 0 saturated carbocycles. The van der Waals surface area contributed by atoms with E-state index in [1.807, 2.05) is 0 Å². The predicted molar refractivity (Wildman–Crippen MR) is 97.9 cm³/mol. The summed E-state index contributed by atoms with van der Waals surface area (Å²) in [5, 5.41) is 21.3. The quantitative estimate of drug-likeness (QED) is 0.292. The Morgan fingerprint density at radius 1 is 1.32 bits per heavy atom. The van der Waals surface area contributed by atoms with Crippen LogP contribution in [0.1, 0.15) is 57.6 Å². The van der Waals surface area contributed by atoms with Crippen molar-refractivity contribution < 1.29 is 14.1 Å². The van der Waals surface area contributed by atoms with Crippen LogP contribution < -0.4 is 5.32 Å². The minimum atomic E-state index is -0.622. The van der Waals surface area contributed by atoms with Crippen molar-refractivity contribution in [1.29, 1.82) is 0 Å². The maximum absolute atomic E-state index is 11.9. The molecule has 1 aromatic rings. The second-order valence-electron chi connectivity index (χ2n) is 5.74. The van der Waals surface area contributed by atoms with Crippen molar-refractivity contribution in [2.45, 2.75) is 57.1 Å². The van der Waals surface area contributed by atoms with Gasteiger partial charge in [-0.25, -0.2) is 0 Å². The van der Waals surface area contributed by atoms with E-state index in [-0.39, 0.29) is 22.8 Å². The average Bonchev–Trinajstić information content (AvgIpc) is 3.18. The van der Waals surface area contributed by atoms with Gasteiger partial charge in [-0.3, -0.25) is 14.9 Å². The molecular weight excluding hydrogens is 344 g/mol. The number of thioether (sulfide) groups is 1. The molecule has 1 amide bonds. The molecule has 1 aliphatic rings. The molecule has 1 aromatic heterocycles. The molecule has 1 aliphatic heterocycles. The molecule has 1 N–H and O–H groups in total. The summed E-state index contributed by atoms with van der Waals surface area (Å²) in [6.07, 6.45) is 9.25. The fourth-order valence-corrected chi connectivity index (χ4v) is 3.37. The summed E-state index contributed by atoms with van der Waals surface area (Å²) in [6, 6.07) is 2.68. The number of hydrogen-bond donors (Lipinski definition) is 1. The van der Waals surface area contributed by atoms with Crippen LogP contribution in [0.2, 0.25) is 0 Å². The van der Waals surface area contributed by atoms with E-state index in [0.29, 0.717) is 5.17 Å². The van der Waals surface area contributed by atoms with Gasteiger partial charge in [0.2, 0.25) is 5.91 Å². The molecule has 1 saturated heterocycles. The van der Waals surface area contributed by atoms with Crippen molar-refractivity contribution in [2.24, 2.45) is 10.2 Å². The Balaban J connectivity index is 1.75. The summed E-state index contributed by atoms with van der Waals surface area (Å²) >= 11 is 1.37. The van der Waals surface area contributed by atoms with E-state index in [9.17, 15) is 14.9 Å². The van der Waals surface area contributed by atoms with Gasteiger partial charge in [0.05, 0.1) is 17.5 Å². The number of unbranched alkanes of at least 4 members (excludes halogenated alkanes) is 5. The zero-order valence-corrected chi connectivity index (χ0v) is 15.0. The Morgan fingerprint density at radius 2 is 2.08 bits per heavy atom.